The molecule has 26 heavy (non-hydrogen) atoms. The fraction of sp³-hybridized carbons (Fsp3) is 0.421. The third kappa shape index (κ3) is 3.68. The molecule has 0 saturated carbocycles. The van der Waals surface area contributed by atoms with E-state index in [-0.39, 0.29) is 0 Å². The number of hydrogen-bond donors (Lipinski definition) is 1. The minimum Gasteiger partial charge on any atom is -0.388 e. The van der Waals surface area contributed by atoms with Gasteiger partial charge in [0.25, 0.3) is 0 Å². The zero-order chi connectivity index (χ0) is 18.0. The molecule has 0 radical (unpaired) electrons. The number of β-amino-alcohol motifs (C(OH)–C–C–N with tert-alkyl or cyclic N) is 1. The van der Waals surface area contributed by atoms with Crippen LogP contribution in [0.25, 0.3) is 11.3 Å². The number of aryl methyl sites for hydroxylation is 1. The highest BCUT2D eigenvalue weighted by Gasteiger charge is 2.35. The fourth-order valence-electron chi connectivity index (χ4n) is 3.60. The van der Waals surface area contributed by atoms with E-state index in [0.29, 0.717) is 19.5 Å². The molecule has 0 bridgehead atoms. The van der Waals surface area contributed by atoms with Crippen molar-refractivity contribution in [3.63, 3.8) is 0 Å². The number of aromatic nitrogens is 4. The van der Waals surface area contributed by atoms with Crippen LogP contribution in [-0.4, -0.2) is 48.6 Å². The molecule has 0 amide bonds. The van der Waals surface area contributed by atoms with E-state index in [0.717, 1.165) is 42.2 Å². The minimum absolute atomic E-state index is 0.508. The van der Waals surface area contributed by atoms with E-state index in [2.05, 4.69) is 20.3 Å². The molecule has 7 heteroatoms. The summed E-state index contributed by atoms with van der Waals surface area (Å²) in [6.07, 6.45) is 3.88. The molecule has 1 saturated heterocycles. The quantitative estimate of drug-likeness (QED) is 0.756. The average Bonchev–Trinajstić information content (AvgIpc) is 3.25. The Morgan fingerprint density at radius 1 is 1.27 bits per heavy atom. The molecule has 1 aromatic carbocycles. The molecule has 3 aromatic rings. The maximum absolute atomic E-state index is 11.0. The summed E-state index contributed by atoms with van der Waals surface area (Å²) in [7, 11) is 1.90. The van der Waals surface area contributed by atoms with Crippen molar-refractivity contribution in [2.75, 3.05) is 13.1 Å². The first-order chi connectivity index (χ1) is 12.6. The Morgan fingerprint density at radius 2 is 2.12 bits per heavy atom. The third-order valence-corrected chi connectivity index (χ3v) is 4.93. The predicted octanol–water partition coefficient (Wildman–Crippen LogP) is 2.04. The topological polar surface area (TPSA) is 80.2 Å². The molecule has 0 spiro atoms. The second-order valence-electron chi connectivity index (χ2n) is 7.12. The normalized spacial score (nSPS) is 21.2. The highest BCUT2D eigenvalue weighted by Crippen LogP contribution is 2.26. The first-order valence-corrected chi connectivity index (χ1v) is 8.90. The van der Waals surface area contributed by atoms with Crippen molar-refractivity contribution in [3.05, 3.63) is 54.2 Å². The van der Waals surface area contributed by atoms with Crippen LogP contribution in [0.2, 0.25) is 0 Å². The zero-order valence-electron chi connectivity index (χ0n) is 14.9. The molecule has 1 fully saturated rings. The van der Waals surface area contributed by atoms with Crippen molar-refractivity contribution in [2.45, 2.75) is 31.4 Å². The first kappa shape index (κ1) is 16.9. The van der Waals surface area contributed by atoms with Crippen LogP contribution in [0.15, 0.2) is 47.2 Å². The summed E-state index contributed by atoms with van der Waals surface area (Å²) >= 11 is 0. The van der Waals surface area contributed by atoms with E-state index < -0.39 is 5.60 Å². The van der Waals surface area contributed by atoms with E-state index in [4.69, 9.17) is 4.52 Å². The monoisotopic (exact) mass is 353 g/mol. The summed E-state index contributed by atoms with van der Waals surface area (Å²) in [6.45, 7) is 2.19. The lowest BCUT2D eigenvalue weighted by atomic mass is 9.89. The second-order valence-corrected chi connectivity index (χ2v) is 7.12. The van der Waals surface area contributed by atoms with Crippen LogP contribution in [0.3, 0.4) is 0 Å². The van der Waals surface area contributed by atoms with Crippen LogP contribution in [0.1, 0.15) is 24.4 Å². The van der Waals surface area contributed by atoms with Gasteiger partial charge < -0.3 is 14.2 Å². The Hall–Kier alpha value is -2.51. The van der Waals surface area contributed by atoms with Gasteiger partial charge >= 0.3 is 0 Å². The van der Waals surface area contributed by atoms with Gasteiger partial charge in [0, 0.05) is 38.2 Å². The van der Waals surface area contributed by atoms with Gasteiger partial charge in [-0.15, -0.1) is 10.2 Å². The fourth-order valence-corrected chi connectivity index (χ4v) is 3.60. The largest absolute Gasteiger partial charge is 0.388 e. The lowest BCUT2D eigenvalue weighted by Gasteiger charge is -2.38. The van der Waals surface area contributed by atoms with Gasteiger partial charge in [-0.25, -0.2) is 0 Å². The lowest BCUT2D eigenvalue weighted by Crippen LogP contribution is -2.49. The van der Waals surface area contributed by atoms with Crippen molar-refractivity contribution in [2.24, 2.45) is 7.05 Å². The number of aliphatic hydroxyl groups is 1. The summed E-state index contributed by atoms with van der Waals surface area (Å²) in [5.41, 5.74) is 1.11. The van der Waals surface area contributed by atoms with Crippen LogP contribution in [-0.2, 0) is 20.0 Å². The Labute approximate surface area is 152 Å². The number of rotatable bonds is 5. The van der Waals surface area contributed by atoms with Crippen molar-refractivity contribution in [1.82, 2.24) is 24.8 Å². The Kier molecular flexibility index (Phi) is 4.57. The lowest BCUT2D eigenvalue weighted by molar-refractivity contribution is -0.0349. The SMILES string of the molecule is Cn1cnnc1CC1(O)CCCN(Cc2cc(-c3ccccc3)on2)C1. The highest BCUT2D eigenvalue weighted by molar-refractivity contribution is 5.56. The molecule has 1 atom stereocenters. The standard InChI is InChI=1S/C19H23N5O2/c1-23-14-20-21-18(23)11-19(25)8-5-9-24(13-19)12-16-10-17(26-22-16)15-6-3-2-4-7-15/h2-4,6-7,10,14,25H,5,8-9,11-13H2,1H3. The minimum atomic E-state index is -0.787. The van der Waals surface area contributed by atoms with Crippen molar-refractivity contribution in [1.29, 1.82) is 0 Å². The van der Waals surface area contributed by atoms with Crippen molar-refractivity contribution < 1.29 is 9.63 Å². The summed E-state index contributed by atoms with van der Waals surface area (Å²) in [4.78, 5) is 2.23. The zero-order valence-corrected chi connectivity index (χ0v) is 14.9. The molecular formula is C19H23N5O2. The molecule has 0 aliphatic carbocycles. The van der Waals surface area contributed by atoms with E-state index in [1.807, 2.05) is 48.0 Å². The second kappa shape index (κ2) is 7.01. The smallest absolute Gasteiger partial charge is 0.167 e. The first-order valence-electron chi connectivity index (χ1n) is 8.90. The molecule has 1 unspecified atom stereocenters. The maximum atomic E-state index is 11.0. The van der Waals surface area contributed by atoms with Crippen LogP contribution < -0.4 is 0 Å². The molecule has 1 aliphatic heterocycles. The van der Waals surface area contributed by atoms with Gasteiger partial charge in [-0.1, -0.05) is 35.5 Å². The van der Waals surface area contributed by atoms with Crippen LogP contribution in [0.4, 0.5) is 0 Å². The third-order valence-electron chi connectivity index (χ3n) is 4.93. The number of likely N-dealkylation sites (tertiary alicyclic amines) is 1. The molecule has 3 heterocycles. The number of piperidine rings is 1. The van der Waals surface area contributed by atoms with Gasteiger partial charge in [0.1, 0.15) is 12.2 Å². The van der Waals surface area contributed by atoms with Gasteiger partial charge in [0.2, 0.25) is 0 Å². The number of benzene rings is 1. The van der Waals surface area contributed by atoms with Gasteiger partial charge in [-0.05, 0) is 19.4 Å². The van der Waals surface area contributed by atoms with Gasteiger partial charge in [0.05, 0.1) is 11.3 Å². The van der Waals surface area contributed by atoms with Gasteiger partial charge in [0.15, 0.2) is 5.76 Å². The highest BCUT2D eigenvalue weighted by atomic mass is 16.5. The molecule has 1 aliphatic rings. The van der Waals surface area contributed by atoms with Gasteiger partial charge in [-0.2, -0.15) is 0 Å². The summed E-state index contributed by atoms with van der Waals surface area (Å²) in [5, 5.41) is 23.2. The van der Waals surface area contributed by atoms with Crippen molar-refractivity contribution >= 4 is 0 Å². The molecule has 136 valence electrons. The summed E-state index contributed by atoms with van der Waals surface area (Å²) in [5.74, 6) is 1.58. The van der Waals surface area contributed by atoms with Crippen LogP contribution in [0, 0.1) is 0 Å². The molecular weight excluding hydrogens is 330 g/mol. The molecule has 7 nitrogen and oxygen atoms in total. The Balaban J connectivity index is 1.42. The summed E-state index contributed by atoms with van der Waals surface area (Å²) < 4.78 is 7.35. The summed E-state index contributed by atoms with van der Waals surface area (Å²) in [6, 6.07) is 11.9. The molecule has 1 N–H and O–H groups in total. The van der Waals surface area contributed by atoms with E-state index in [1.165, 1.54) is 0 Å². The molecule has 2 aromatic heterocycles. The average molecular weight is 353 g/mol. The van der Waals surface area contributed by atoms with Crippen LogP contribution in [0.5, 0.6) is 0 Å². The van der Waals surface area contributed by atoms with E-state index in [1.54, 1.807) is 6.33 Å². The van der Waals surface area contributed by atoms with E-state index in [9.17, 15) is 5.11 Å². The van der Waals surface area contributed by atoms with Gasteiger partial charge in [-0.3, -0.25) is 4.90 Å². The Morgan fingerprint density at radius 3 is 2.88 bits per heavy atom. The molecule has 4 rings (SSSR count). The predicted molar refractivity (Wildman–Crippen MR) is 96.1 cm³/mol. The number of nitrogens with zero attached hydrogens (tertiary/aromatic N) is 5. The number of hydrogen-bond acceptors (Lipinski definition) is 6. The van der Waals surface area contributed by atoms with E-state index >= 15 is 0 Å². The van der Waals surface area contributed by atoms with Crippen molar-refractivity contribution in [3.8, 4) is 11.3 Å². The maximum Gasteiger partial charge on any atom is 0.167 e. The Bertz CT molecular complexity index is 860. The van der Waals surface area contributed by atoms with Crippen LogP contribution >= 0.6 is 0 Å².